The van der Waals surface area contributed by atoms with Crippen LogP contribution in [0.5, 0.6) is 0 Å². The maximum Gasteiger partial charge on any atom is 0.332 e. The Morgan fingerprint density at radius 2 is 1.90 bits per heavy atom. The zero-order valence-corrected chi connectivity index (χ0v) is 17.8. The molecule has 8 heteroatoms. The molecule has 1 fully saturated rings. The highest BCUT2D eigenvalue weighted by molar-refractivity contribution is 5.74. The number of piperidine rings is 1. The lowest BCUT2D eigenvalue weighted by Crippen LogP contribution is -2.44. The summed E-state index contributed by atoms with van der Waals surface area (Å²) >= 11 is 0. The Morgan fingerprint density at radius 3 is 2.60 bits per heavy atom. The molecule has 160 valence electrons. The molecule has 0 radical (unpaired) electrons. The number of anilines is 1. The van der Waals surface area contributed by atoms with Gasteiger partial charge in [-0.2, -0.15) is 4.98 Å². The van der Waals surface area contributed by atoms with Crippen LogP contribution in [0, 0.1) is 0 Å². The molecule has 0 saturated carbocycles. The normalized spacial score (nSPS) is 17.0. The molecule has 1 aromatic carbocycles. The summed E-state index contributed by atoms with van der Waals surface area (Å²) in [5.74, 6) is 0.739. The standard InChI is InChI=1S/C22H30N6O2/c1-3-12-28-19-18(20(29)25(2)22(28)30)27(14-11-16-8-5-4-6-9-16)21(24-19)26-13-7-10-17(23)15-26/h4-6,8-9,17H,3,7,10-15,23H2,1-2H3. The maximum atomic E-state index is 13.1. The third-order valence-corrected chi connectivity index (χ3v) is 5.86. The van der Waals surface area contributed by atoms with Crippen LogP contribution in [0.3, 0.4) is 0 Å². The third kappa shape index (κ3) is 3.67. The molecule has 1 aliphatic rings. The minimum absolute atomic E-state index is 0.0850. The quantitative estimate of drug-likeness (QED) is 0.665. The van der Waals surface area contributed by atoms with E-state index >= 15 is 0 Å². The highest BCUT2D eigenvalue weighted by Gasteiger charge is 2.26. The van der Waals surface area contributed by atoms with Gasteiger partial charge in [-0.3, -0.25) is 13.9 Å². The Balaban J connectivity index is 1.89. The van der Waals surface area contributed by atoms with E-state index in [1.807, 2.05) is 29.7 Å². The minimum Gasteiger partial charge on any atom is -0.341 e. The van der Waals surface area contributed by atoms with Crippen LogP contribution in [-0.4, -0.2) is 37.8 Å². The summed E-state index contributed by atoms with van der Waals surface area (Å²) in [6.45, 7) is 4.70. The van der Waals surface area contributed by atoms with Gasteiger partial charge in [-0.15, -0.1) is 0 Å². The first-order chi connectivity index (χ1) is 14.5. The van der Waals surface area contributed by atoms with Crippen LogP contribution < -0.4 is 21.9 Å². The van der Waals surface area contributed by atoms with Crippen LogP contribution in [0.15, 0.2) is 39.9 Å². The van der Waals surface area contributed by atoms with Crippen molar-refractivity contribution in [3.05, 3.63) is 56.7 Å². The van der Waals surface area contributed by atoms with Crippen LogP contribution in [0.4, 0.5) is 5.95 Å². The first-order valence-corrected chi connectivity index (χ1v) is 10.8. The Kier molecular flexibility index (Phi) is 5.76. The summed E-state index contributed by atoms with van der Waals surface area (Å²) in [5, 5.41) is 0. The van der Waals surface area contributed by atoms with Crippen molar-refractivity contribution >= 4 is 17.1 Å². The molecule has 0 bridgehead atoms. The number of aryl methyl sites for hydroxylation is 3. The number of benzene rings is 1. The van der Waals surface area contributed by atoms with Crippen LogP contribution in [0.1, 0.15) is 31.7 Å². The van der Waals surface area contributed by atoms with Gasteiger partial charge in [0.05, 0.1) is 0 Å². The molecule has 30 heavy (non-hydrogen) atoms. The molecule has 2 aromatic heterocycles. The molecule has 2 N–H and O–H groups in total. The van der Waals surface area contributed by atoms with Crippen molar-refractivity contribution in [3.63, 3.8) is 0 Å². The fraction of sp³-hybridized carbons (Fsp3) is 0.500. The molecular weight excluding hydrogens is 380 g/mol. The SMILES string of the molecule is CCCn1c(=O)n(C)c(=O)c2c1nc(N1CCCC(N)C1)n2CCc1ccccc1. The van der Waals surface area contributed by atoms with Crippen molar-refractivity contribution in [3.8, 4) is 0 Å². The lowest BCUT2D eigenvalue weighted by atomic mass is 10.1. The van der Waals surface area contributed by atoms with E-state index < -0.39 is 0 Å². The average molecular weight is 411 g/mol. The van der Waals surface area contributed by atoms with Gasteiger partial charge in [0, 0.05) is 39.3 Å². The van der Waals surface area contributed by atoms with Crippen molar-refractivity contribution in [1.29, 1.82) is 0 Å². The van der Waals surface area contributed by atoms with Gasteiger partial charge in [0.15, 0.2) is 11.2 Å². The highest BCUT2D eigenvalue weighted by atomic mass is 16.2. The van der Waals surface area contributed by atoms with Gasteiger partial charge in [0.2, 0.25) is 5.95 Å². The van der Waals surface area contributed by atoms with Crippen LogP contribution in [0.25, 0.3) is 11.2 Å². The fourth-order valence-electron chi connectivity index (χ4n) is 4.30. The number of nitrogens with zero attached hydrogens (tertiary/aromatic N) is 5. The maximum absolute atomic E-state index is 13.1. The predicted octanol–water partition coefficient (Wildman–Crippen LogP) is 1.48. The zero-order valence-electron chi connectivity index (χ0n) is 17.8. The van der Waals surface area contributed by atoms with Gasteiger partial charge in [-0.05, 0) is 31.2 Å². The van der Waals surface area contributed by atoms with Crippen molar-refractivity contribution in [2.24, 2.45) is 12.8 Å². The Labute approximate surface area is 175 Å². The first kappa shape index (κ1) is 20.4. The van der Waals surface area contributed by atoms with Crippen molar-refractivity contribution < 1.29 is 0 Å². The van der Waals surface area contributed by atoms with E-state index in [0.717, 1.165) is 38.2 Å². The second-order valence-electron chi connectivity index (χ2n) is 8.12. The summed E-state index contributed by atoms with van der Waals surface area (Å²) in [6, 6.07) is 10.3. The lowest BCUT2D eigenvalue weighted by molar-refractivity contribution is 0.493. The van der Waals surface area contributed by atoms with Crippen LogP contribution >= 0.6 is 0 Å². The van der Waals surface area contributed by atoms with Crippen LogP contribution in [-0.2, 0) is 26.6 Å². The molecule has 0 aliphatic carbocycles. The predicted molar refractivity (Wildman–Crippen MR) is 119 cm³/mol. The number of fused-ring (bicyclic) bond motifs is 1. The molecule has 0 amide bonds. The van der Waals surface area contributed by atoms with E-state index in [2.05, 4.69) is 17.0 Å². The highest BCUT2D eigenvalue weighted by Crippen LogP contribution is 2.24. The Bertz CT molecular complexity index is 1140. The third-order valence-electron chi connectivity index (χ3n) is 5.86. The van der Waals surface area contributed by atoms with Gasteiger partial charge in [-0.25, -0.2) is 4.79 Å². The van der Waals surface area contributed by atoms with Crippen molar-refractivity contribution in [1.82, 2.24) is 18.7 Å². The topological polar surface area (TPSA) is 91.1 Å². The van der Waals surface area contributed by atoms with Gasteiger partial charge in [0.25, 0.3) is 5.56 Å². The minimum atomic E-state index is -0.316. The van der Waals surface area contributed by atoms with Gasteiger partial charge >= 0.3 is 5.69 Å². The van der Waals surface area contributed by atoms with E-state index in [1.165, 1.54) is 10.1 Å². The molecule has 3 aromatic rings. The molecule has 4 rings (SSSR count). The molecule has 0 spiro atoms. The number of imidazole rings is 1. The summed E-state index contributed by atoms with van der Waals surface area (Å²) in [4.78, 5) is 32.9. The number of hydrogen-bond donors (Lipinski definition) is 1. The summed E-state index contributed by atoms with van der Waals surface area (Å²) < 4.78 is 4.82. The molecule has 1 aliphatic heterocycles. The van der Waals surface area contributed by atoms with Gasteiger partial charge in [0.1, 0.15) is 0 Å². The van der Waals surface area contributed by atoms with Crippen molar-refractivity contribution in [2.75, 3.05) is 18.0 Å². The van der Waals surface area contributed by atoms with Crippen molar-refractivity contribution in [2.45, 2.75) is 51.7 Å². The summed E-state index contributed by atoms with van der Waals surface area (Å²) in [5.41, 5.74) is 7.78. The second-order valence-corrected chi connectivity index (χ2v) is 8.12. The molecule has 1 saturated heterocycles. The second kappa shape index (κ2) is 8.47. The van der Waals surface area contributed by atoms with Gasteiger partial charge in [-0.1, -0.05) is 37.3 Å². The monoisotopic (exact) mass is 410 g/mol. The number of rotatable bonds is 6. The lowest BCUT2D eigenvalue weighted by Gasteiger charge is -2.31. The van der Waals surface area contributed by atoms with Crippen LogP contribution in [0.2, 0.25) is 0 Å². The van der Waals surface area contributed by atoms with E-state index in [4.69, 9.17) is 10.7 Å². The Morgan fingerprint density at radius 1 is 1.13 bits per heavy atom. The molecule has 8 nitrogen and oxygen atoms in total. The molecule has 1 unspecified atom stereocenters. The number of nitrogens with two attached hydrogens (primary N) is 1. The largest absolute Gasteiger partial charge is 0.341 e. The summed E-state index contributed by atoms with van der Waals surface area (Å²) in [6.07, 6.45) is 3.54. The van der Waals surface area contributed by atoms with E-state index in [0.29, 0.717) is 30.8 Å². The molecule has 1 atom stereocenters. The van der Waals surface area contributed by atoms with E-state index in [-0.39, 0.29) is 17.3 Å². The average Bonchev–Trinajstić information content (AvgIpc) is 3.14. The fourth-order valence-corrected chi connectivity index (χ4v) is 4.30. The molecule has 3 heterocycles. The summed E-state index contributed by atoms with van der Waals surface area (Å²) in [7, 11) is 1.54. The van der Waals surface area contributed by atoms with Gasteiger partial charge < -0.3 is 15.2 Å². The zero-order chi connectivity index (χ0) is 21.3. The van der Waals surface area contributed by atoms with E-state index in [1.54, 1.807) is 11.6 Å². The number of aromatic nitrogens is 4. The smallest absolute Gasteiger partial charge is 0.332 e. The Hall–Kier alpha value is -2.87. The molecular formula is C22H30N6O2. The number of hydrogen-bond acceptors (Lipinski definition) is 5. The van der Waals surface area contributed by atoms with E-state index in [9.17, 15) is 9.59 Å². The first-order valence-electron chi connectivity index (χ1n) is 10.8.